The number of amides is 1. The molecule has 31 heavy (non-hydrogen) atoms. The molecule has 0 saturated carbocycles. The molecule has 186 valence electrons. The van der Waals surface area contributed by atoms with E-state index in [9.17, 15) is 4.79 Å². The van der Waals surface area contributed by atoms with Crippen molar-refractivity contribution < 1.29 is 4.79 Å². The predicted molar refractivity (Wildman–Crippen MR) is 136 cm³/mol. The molecule has 0 bridgehead atoms. The molecular weight excluding hydrogens is 384 g/mol. The Morgan fingerprint density at radius 2 is 0.935 bits per heavy atom. The summed E-state index contributed by atoms with van der Waals surface area (Å²) in [5.74, 6) is 0.189. The van der Waals surface area contributed by atoms with Crippen molar-refractivity contribution >= 4 is 5.91 Å². The van der Waals surface area contributed by atoms with Crippen molar-refractivity contribution in [2.45, 2.75) is 141 Å². The number of carbonyl (C=O) groups excluding carboxylic acids is 1. The SMILES string of the molecule is CCCCCCCCCCCCCCCC(=O)NC(CCCN)(CCCN)CCCN. The lowest BCUT2D eigenvalue weighted by atomic mass is 9.83. The number of rotatable bonds is 24. The van der Waals surface area contributed by atoms with E-state index < -0.39 is 0 Å². The van der Waals surface area contributed by atoms with Gasteiger partial charge in [0.25, 0.3) is 0 Å². The van der Waals surface area contributed by atoms with E-state index in [-0.39, 0.29) is 11.4 Å². The molecule has 5 heteroatoms. The van der Waals surface area contributed by atoms with Crippen LogP contribution in [0, 0.1) is 0 Å². The first-order valence-corrected chi connectivity index (χ1v) is 13.6. The summed E-state index contributed by atoms with van der Waals surface area (Å²) in [4.78, 5) is 12.6. The van der Waals surface area contributed by atoms with Crippen LogP contribution in [0.1, 0.15) is 135 Å². The smallest absolute Gasteiger partial charge is 0.220 e. The summed E-state index contributed by atoms with van der Waals surface area (Å²) < 4.78 is 0. The van der Waals surface area contributed by atoms with Gasteiger partial charge in [-0.3, -0.25) is 4.79 Å². The second-order valence-corrected chi connectivity index (χ2v) is 9.50. The summed E-state index contributed by atoms with van der Waals surface area (Å²) in [6.45, 7) is 4.24. The van der Waals surface area contributed by atoms with Gasteiger partial charge in [0, 0.05) is 12.0 Å². The van der Waals surface area contributed by atoms with Gasteiger partial charge in [0.1, 0.15) is 0 Å². The van der Waals surface area contributed by atoms with Gasteiger partial charge in [-0.1, -0.05) is 84.0 Å². The molecule has 0 aliphatic heterocycles. The fourth-order valence-electron chi connectivity index (χ4n) is 4.55. The van der Waals surface area contributed by atoms with E-state index in [1.807, 2.05) is 0 Å². The highest BCUT2D eigenvalue weighted by Gasteiger charge is 2.29. The lowest BCUT2D eigenvalue weighted by Gasteiger charge is -2.35. The summed E-state index contributed by atoms with van der Waals surface area (Å²) in [6.07, 6.45) is 23.4. The van der Waals surface area contributed by atoms with E-state index >= 15 is 0 Å². The van der Waals surface area contributed by atoms with Crippen LogP contribution >= 0.6 is 0 Å². The maximum Gasteiger partial charge on any atom is 0.220 e. The molecule has 0 fully saturated rings. The average Bonchev–Trinajstić information content (AvgIpc) is 2.77. The molecule has 5 nitrogen and oxygen atoms in total. The zero-order chi connectivity index (χ0) is 23.0. The van der Waals surface area contributed by atoms with Crippen LogP contribution in [0.25, 0.3) is 0 Å². The number of nitrogens with two attached hydrogens (primary N) is 3. The highest BCUT2D eigenvalue weighted by atomic mass is 16.1. The Kier molecular flexibility index (Phi) is 22.1. The van der Waals surface area contributed by atoms with Crippen LogP contribution in [0.5, 0.6) is 0 Å². The van der Waals surface area contributed by atoms with E-state index in [0.29, 0.717) is 26.1 Å². The highest BCUT2D eigenvalue weighted by molar-refractivity contribution is 5.76. The Morgan fingerprint density at radius 1 is 0.581 bits per heavy atom. The van der Waals surface area contributed by atoms with Gasteiger partial charge < -0.3 is 22.5 Å². The monoisotopic (exact) mass is 440 g/mol. The molecule has 0 rings (SSSR count). The minimum Gasteiger partial charge on any atom is -0.351 e. The van der Waals surface area contributed by atoms with Gasteiger partial charge in [-0.05, 0) is 64.6 Å². The molecule has 0 radical (unpaired) electrons. The maximum absolute atomic E-state index is 12.6. The van der Waals surface area contributed by atoms with Gasteiger partial charge in [0.05, 0.1) is 0 Å². The van der Waals surface area contributed by atoms with Crippen LogP contribution < -0.4 is 22.5 Å². The van der Waals surface area contributed by atoms with E-state index in [2.05, 4.69) is 12.2 Å². The standard InChI is InChI=1S/C26H56N4O/c1-2-3-4-5-6-7-8-9-10-11-12-13-14-18-25(31)30-26(19-15-22-27,20-16-23-28)21-17-24-29/h2-24,27-29H2,1H3,(H,30,31). The molecule has 7 N–H and O–H groups in total. The van der Waals surface area contributed by atoms with E-state index in [1.165, 1.54) is 70.6 Å². The number of nitrogens with one attached hydrogen (secondary N) is 1. The topological polar surface area (TPSA) is 107 Å². The first-order valence-electron chi connectivity index (χ1n) is 13.6. The van der Waals surface area contributed by atoms with Crippen molar-refractivity contribution in [2.24, 2.45) is 17.2 Å². The van der Waals surface area contributed by atoms with Crippen LogP contribution in [0.2, 0.25) is 0 Å². The van der Waals surface area contributed by atoms with Crippen molar-refractivity contribution in [2.75, 3.05) is 19.6 Å². The molecule has 0 aromatic rings. The van der Waals surface area contributed by atoms with E-state index in [1.54, 1.807) is 0 Å². The van der Waals surface area contributed by atoms with Crippen molar-refractivity contribution in [3.63, 3.8) is 0 Å². The van der Waals surface area contributed by atoms with Crippen LogP contribution in [-0.2, 0) is 4.79 Å². The van der Waals surface area contributed by atoms with Crippen molar-refractivity contribution in [1.82, 2.24) is 5.32 Å². The van der Waals surface area contributed by atoms with Gasteiger partial charge in [-0.2, -0.15) is 0 Å². The molecule has 0 aromatic heterocycles. The molecule has 0 spiro atoms. The number of hydrogen-bond acceptors (Lipinski definition) is 4. The summed E-state index contributed by atoms with van der Waals surface area (Å²) in [7, 11) is 0. The number of hydrogen-bond donors (Lipinski definition) is 4. The minimum atomic E-state index is -0.175. The third kappa shape index (κ3) is 18.6. The summed E-state index contributed by atoms with van der Waals surface area (Å²) in [5.41, 5.74) is 17.1. The van der Waals surface area contributed by atoms with Crippen LogP contribution in [0.4, 0.5) is 0 Å². The Morgan fingerprint density at radius 3 is 1.29 bits per heavy atom. The largest absolute Gasteiger partial charge is 0.351 e. The predicted octanol–water partition coefficient (Wildman–Crippen LogP) is 5.54. The van der Waals surface area contributed by atoms with Gasteiger partial charge in [-0.15, -0.1) is 0 Å². The van der Waals surface area contributed by atoms with Crippen molar-refractivity contribution in [3.8, 4) is 0 Å². The molecular formula is C26H56N4O. The summed E-state index contributed by atoms with van der Waals surface area (Å²) in [5, 5.41) is 3.37. The third-order valence-corrected chi connectivity index (χ3v) is 6.49. The lowest BCUT2D eigenvalue weighted by molar-refractivity contribution is -0.123. The molecule has 1 amide bonds. The number of unbranched alkanes of at least 4 members (excludes halogenated alkanes) is 12. The van der Waals surface area contributed by atoms with Gasteiger partial charge >= 0.3 is 0 Å². The zero-order valence-corrected chi connectivity index (χ0v) is 20.9. The Hall–Kier alpha value is -0.650. The van der Waals surface area contributed by atoms with Crippen LogP contribution in [0.3, 0.4) is 0 Å². The van der Waals surface area contributed by atoms with E-state index in [4.69, 9.17) is 17.2 Å². The van der Waals surface area contributed by atoms with Gasteiger partial charge in [-0.25, -0.2) is 0 Å². The normalized spacial score (nSPS) is 11.7. The zero-order valence-electron chi connectivity index (χ0n) is 20.9. The second-order valence-electron chi connectivity index (χ2n) is 9.50. The fraction of sp³-hybridized carbons (Fsp3) is 0.962. The molecule has 0 aliphatic rings. The summed E-state index contributed by atoms with van der Waals surface area (Å²) in [6, 6.07) is 0. The highest BCUT2D eigenvalue weighted by Crippen LogP contribution is 2.25. The molecule has 0 atom stereocenters. The molecule has 0 saturated heterocycles. The van der Waals surface area contributed by atoms with Gasteiger partial charge in [0.15, 0.2) is 0 Å². The maximum atomic E-state index is 12.6. The van der Waals surface area contributed by atoms with Crippen LogP contribution in [0.15, 0.2) is 0 Å². The summed E-state index contributed by atoms with van der Waals surface area (Å²) >= 11 is 0. The van der Waals surface area contributed by atoms with E-state index in [0.717, 1.165) is 51.4 Å². The Balaban J connectivity index is 3.95. The average molecular weight is 441 g/mol. The molecule has 0 aliphatic carbocycles. The Labute approximate surface area is 194 Å². The molecule has 0 unspecified atom stereocenters. The minimum absolute atomic E-state index is 0.175. The molecule has 0 aromatic carbocycles. The first kappa shape index (κ1) is 30.4. The first-order chi connectivity index (χ1) is 15.1. The Bertz CT molecular complexity index is 368. The lowest BCUT2D eigenvalue weighted by Crippen LogP contribution is -2.49. The van der Waals surface area contributed by atoms with Gasteiger partial charge in [0.2, 0.25) is 5.91 Å². The second kappa shape index (κ2) is 22.5. The van der Waals surface area contributed by atoms with Crippen LogP contribution in [-0.4, -0.2) is 31.1 Å². The van der Waals surface area contributed by atoms with Crippen molar-refractivity contribution in [3.05, 3.63) is 0 Å². The van der Waals surface area contributed by atoms with Crippen molar-refractivity contribution in [1.29, 1.82) is 0 Å². The fourth-order valence-corrected chi connectivity index (χ4v) is 4.55. The molecule has 0 heterocycles. The third-order valence-electron chi connectivity index (χ3n) is 6.49. The number of carbonyl (C=O) groups is 1. The quantitative estimate of drug-likeness (QED) is 0.148.